The van der Waals surface area contributed by atoms with E-state index in [4.69, 9.17) is 10.2 Å². The highest BCUT2D eigenvalue weighted by Crippen LogP contribution is 2.14. The maximum Gasteiger partial charge on any atom is 0.257 e. The monoisotopic (exact) mass is 216 g/mol. The van der Waals surface area contributed by atoms with E-state index in [1.807, 2.05) is 6.92 Å². The zero-order chi connectivity index (χ0) is 11.5. The van der Waals surface area contributed by atoms with E-state index in [1.165, 1.54) is 0 Å². The third-order valence-electron chi connectivity index (χ3n) is 2.15. The second-order valence-corrected chi connectivity index (χ2v) is 3.49. The van der Waals surface area contributed by atoms with Gasteiger partial charge in [-0.3, -0.25) is 10.1 Å². The largest absolute Gasteiger partial charge is 0.446 e. The van der Waals surface area contributed by atoms with Crippen LogP contribution in [0.5, 0.6) is 0 Å². The number of amides is 1. The van der Waals surface area contributed by atoms with Gasteiger partial charge in [-0.15, -0.1) is 0 Å². The van der Waals surface area contributed by atoms with E-state index < -0.39 is 0 Å². The zero-order valence-corrected chi connectivity index (χ0v) is 8.86. The summed E-state index contributed by atoms with van der Waals surface area (Å²) in [4.78, 5) is 11.7. The van der Waals surface area contributed by atoms with Gasteiger partial charge in [0.15, 0.2) is 5.88 Å². The first-order valence-electron chi connectivity index (χ1n) is 4.88. The lowest BCUT2D eigenvalue weighted by Crippen LogP contribution is -2.11. The molecule has 0 saturated heterocycles. The van der Waals surface area contributed by atoms with Crippen molar-refractivity contribution in [1.29, 1.82) is 0 Å². The molecule has 82 valence electrons. The predicted molar refractivity (Wildman–Crippen MR) is 62.3 cm³/mol. The Morgan fingerprint density at radius 2 is 1.88 bits per heavy atom. The van der Waals surface area contributed by atoms with E-state index in [0.29, 0.717) is 17.1 Å². The summed E-state index contributed by atoms with van der Waals surface area (Å²) in [5.74, 6) is 0.987. The molecule has 1 aromatic heterocycles. The minimum Gasteiger partial charge on any atom is -0.446 e. The van der Waals surface area contributed by atoms with Gasteiger partial charge in [-0.1, -0.05) is 0 Å². The first-order chi connectivity index (χ1) is 7.65. The fraction of sp³-hybridized carbons (Fsp3) is 0.0833. The molecule has 0 spiro atoms. The Bertz CT molecular complexity index is 500. The van der Waals surface area contributed by atoms with Crippen LogP contribution in [0.3, 0.4) is 0 Å². The summed E-state index contributed by atoms with van der Waals surface area (Å²) in [6.45, 7) is 1.82. The SMILES string of the molecule is Cc1ccc(NC(=O)c2ccc(N)cc2)o1. The molecule has 0 aliphatic rings. The molecule has 0 bridgehead atoms. The molecule has 0 fully saturated rings. The number of carbonyl (C=O) groups is 1. The highest BCUT2D eigenvalue weighted by atomic mass is 16.4. The third-order valence-corrected chi connectivity index (χ3v) is 2.15. The average Bonchev–Trinajstić information content (AvgIpc) is 2.65. The van der Waals surface area contributed by atoms with E-state index >= 15 is 0 Å². The van der Waals surface area contributed by atoms with Gasteiger partial charge in [-0.05, 0) is 37.3 Å². The van der Waals surface area contributed by atoms with Crippen molar-refractivity contribution < 1.29 is 9.21 Å². The highest BCUT2D eigenvalue weighted by molar-refractivity contribution is 6.03. The number of benzene rings is 1. The quantitative estimate of drug-likeness (QED) is 0.757. The number of nitrogens with one attached hydrogen (secondary N) is 1. The molecule has 4 heteroatoms. The minimum absolute atomic E-state index is 0.214. The molecule has 2 rings (SSSR count). The van der Waals surface area contributed by atoms with E-state index in [2.05, 4.69) is 5.32 Å². The zero-order valence-electron chi connectivity index (χ0n) is 8.86. The summed E-state index contributed by atoms with van der Waals surface area (Å²) < 4.78 is 5.24. The summed E-state index contributed by atoms with van der Waals surface area (Å²) in [5, 5.41) is 2.65. The summed E-state index contributed by atoms with van der Waals surface area (Å²) in [6, 6.07) is 10.2. The molecule has 16 heavy (non-hydrogen) atoms. The van der Waals surface area contributed by atoms with Gasteiger partial charge in [-0.25, -0.2) is 0 Å². The Hall–Kier alpha value is -2.23. The van der Waals surface area contributed by atoms with Crippen LogP contribution in [-0.2, 0) is 0 Å². The van der Waals surface area contributed by atoms with Crippen LogP contribution >= 0.6 is 0 Å². The van der Waals surface area contributed by atoms with Crippen molar-refractivity contribution in [2.24, 2.45) is 0 Å². The van der Waals surface area contributed by atoms with Gasteiger partial charge in [0.25, 0.3) is 5.91 Å². The highest BCUT2D eigenvalue weighted by Gasteiger charge is 2.07. The van der Waals surface area contributed by atoms with Crippen LogP contribution < -0.4 is 11.1 Å². The second-order valence-electron chi connectivity index (χ2n) is 3.49. The van der Waals surface area contributed by atoms with Crippen molar-refractivity contribution >= 4 is 17.5 Å². The molecule has 1 aromatic carbocycles. The average molecular weight is 216 g/mol. The van der Waals surface area contributed by atoms with Crippen LogP contribution in [0.2, 0.25) is 0 Å². The van der Waals surface area contributed by atoms with Crippen LogP contribution in [0.4, 0.5) is 11.6 Å². The van der Waals surface area contributed by atoms with Crippen molar-refractivity contribution in [3.05, 3.63) is 47.7 Å². The van der Waals surface area contributed by atoms with Gasteiger partial charge >= 0.3 is 0 Å². The molecule has 1 heterocycles. The van der Waals surface area contributed by atoms with Crippen molar-refractivity contribution in [3.8, 4) is 0 Å². The molecule has 0 unspecified atom stereocenters. The van der Waals surface area contributed by atoms with Gasteiger partial charge in [-0.2, -0.15) is 0 Å². The number of rotatable bonds is 2. The predicted octanol–water partition coefficient (Wildman–Crippen LogP) is 2.42. The van der Waals surface area contributed by atoms with Gasteiger partial charge in [0.05, 0.1) is 0 Å². The van der Waals surface area contributed by atoms with Gasteiger partial charge in [0.1, 0.15) is 5.76 Å². The van der Waals surface area contributed by atoms with Crippen LogP contribution in [0.25, 0.3) is 0 Å². The molecule has 0 radical (unpaired) electrons. The van der Waals surface area contributed by atoms with Gasteiger partial charge < -0.3 is 10.2 Å². The van der Waals surface area contributed by atoms with E-state index in [-0.39, 0.29) is 5.91 Å². The molecule has 2 aromatic rings. The topological polar surface area (TPSA) is 68.3 Å². The van der Waals surface area contributed by atoms with Gasteiger partial charge in [0, 0.05) is 17.3 Å². The molecular formula is C12H12N2O2. The van der Waals surface area contributed by atoms with Crippen molar-refractivity contribution in [1.82, 2.24) is 0 Å². The normalized spacial score (nSPS) is 10.1. The molecule has 0 aliphatic carbocycles. The maximum absolute atomic E-state index is 11.7. The first kappa shape index (κ1) is 10.3. The third kappa shape index (κ3) is 2.23. The molecule has 3 N–H and O–H groups in total. The first-order valence-corrected chi connectivity index (χ1v) is 4.88. The summed E-state index contributed by atoms with van der Waals surface area (Å²) >= 11 is 0. The molecule has 4 nitrogen and oxygen atoms in total. The number of hydrogen-bond acceptors (Lipinski definition) is 3. The van der Waals surface area contributed by atoms with Crippen LogP contribution in [0, 0.1) is 6.92 Å². The fourth-order valence-electron chi connectivity index (χ4n) is 1.32. The number of aryl methyl sites for hydroxylation is 1. The van der Waals surface area contributed by atoms with E-state index in [0.717, 1.165) is 5.76 Å². The molecule has 0 aliphatic heterocycles. The fourth-order valence-corrected chi connectivity index (χ4v) is 1.32. The smallest absolute Gasteiger partial charge is 0.257 e. The van der Waals surface area contributed by atoms with Crippen molar-refractivity contribution in [2.45, 2.75) is 6.92 Å². The van der Waals surface area contributed by atoms with E-state index in [1.54, 1.807) is 36.4 Å². The van der Waals surface area contributed by atoms with Gasteiger partial charge in [0.2, 0.25) is 0 Å². The number of nitrogens with two attached hydrogens (primary N) is 1. The van der Waals surface area contributed by atoms with Crippen LogP contribution in [-0.4, -0.2) is 5.91 Å². The summed E-state index contributed by atoms with van der Waals surface area (Å²) in [5.41, 5.74) is 6.71. The lowest BCUT2D eigenvalue weighted by Gasteiger charge is -2.02. The van der Waals surface area contributed by atoms with Crippen molar-refractivity contribution in [3.63, 3.8) is 0 Å². The number of anilines is 2. The summed E-state index contributed by atoms with van der Waals surface area (Å²) in [6.07, 6.45) is 0. The Balaban J connectivity index is 2.11. The van der Waals surface area contributed by atoms with Crippen LogP contribution in [0.1, 0.15) is 16.1 Å². The number of carbonyl (C=O) groups excluding carboxylic acids is 1. The van der Waals surface area contributed by atoms with Crippen molar-refractivity contribution in [2.75, 3.05) is 11.1 Å². The molecule has 0 saturated carbocycles. The Kier molecular flexibility index (Phi) is 2.64. The Morgan fingerprint density at radius 3 is 2.44 bits per heavy atom. The number of nitrogen functional groups attached to an aromatic ring is 1. The maximum atomic E-state index is 11.7. The van der Waals surface area contributed by atoms with E-state index in [9.17, 15) is 4.79 Å². The second kappa shape index (κ2) is 4.10. The number of hydrogen-bond donors (Lipinski definition) is 2. The number of furan rings is 1. The lowest BCUT2D eigenvalue weighted by molar-refractivity contribution is 0.102. The minimum atomic E-state index is -0.214. The molecule has 0 atom stereocenters. The Labute approximate surface area is 93.1 Å². The molecule has 1 amide bonds. The lowest BCUT2D eigenvalue weighted by atomic mass is 10.2. The standard InChI is InChI=1S/C12H12N2O2/c1-8-2-7-11(16-8)14-12(15)9-3-5-10(13)6-4-9/h2-7H,13H2,1H3,(H,14,15). The summed E-state index contributed by atoms with van der Waals surface area (Å²) in [7, 11) is 0. The Morgan fingerprint density at radius 1 is 1.19 bits per heavy atom. The molecular weight excluding hydrogens is 204 g/mol. The van der Waals surface area contributed by atoms with Crippen LogP contribution in [0.15, 0.2) is 40.8 Å².